The van der Waals surface area contributed by atoms with Gasteiger partial charge in [-0.05, 0) is 30.4 Å². The van der Waals surface area contributed by atoms with Gasteiger partial charge in [-0.25, -0.2) is 0 Å². The number of rotatable bonds is 6. The van der Waals surface area contributed by atoms with Crippen molar-refractivity contribution in [2.45, 2.75) is 37.8 Å². The average molecular weight is 379 g/mol. The Bertz CT molecular complexity index is 696. The molecule has 4 heteroatoms. The van der Waals surface area contributed by atoms with Crippen molar-refractivity contribution in [3.05, 3.63) is 71.8 Å². The third-order valence-electron chi connectivity index (χ3n) is 5.97. The van der Waals surface area contributed by atoms with Crippen LogP contribution in [-0.4, -0.2) is 54.6 Å². The Labute approximate surface area is 168 Å². The van der Waals surface area contributed by atoms with Crippen LogP contribution in [0.1, 0.15) is 42.9 Å². The summed E-state index contributed by atoms with van der Waals surface area (Å²) in [6.07, 6.45) is 4.03. The van der Waals surface area contributed by atoms with E-state index in [1.807, 2.05) is 4.90 Å². The third-order valence-corrected chi connectivity index (χ3v) is 5.97. The quantitative estimate of drug-likeness (QED) is 0.765. The molecule has 148 valence electrons. The number of hydrogen-bond acceptors (Lipinski definition) is 3. The molecule has 0 N–H and O–H groups in total. The minimum atomic E-state index is 0.242. The highest BCUT2D eigenvalue weighted by Crippen LogP contribution is 2.29. The summed E-state index contributed by atoms with van der Waals surface area (Å²) in [5.41, 5.74) is 2.62. The second-order valence-electron chi connectivity index (χ2n) is 7.81. The van der Waals surface area contributed by atoms with E-state index in [-0.39, 0.29) is 11.9 Å². The van der Waals surface area contributed by atoms with Crippen molar-refractivity contribution in [3.63, 3.8) is 0 Å². The highest BCUT2D eigenvalue weighted by atomic mass is 16.5. The van der Waals surface area contributed by atoms with E-state index in [0.29, 0.717) is 12.5 Å². The molecule has 1 amide bonds. The van der Waals surface area contributed by atoms with E-state index in [4.69, 9.17) is 4.74 Å². The molecule has 2 saturated heterocycles. The van der Waals surface area contributed by atoms with Crippen LogP contribution in [0.3, 0.4) is 0 Å². The second-order valence-corrected chi connectivity index (χ2v) is 7.81. The van der Waals surface area contributed by atoms with Crippen LogP contribution in [-0.2, 0) is 9.53 Å². The number of amides is 1. The first kappa shape index (κ1) is 19.2. The Morgan fingerprint density at radius 1 is 0.929 bits per heavy atom. The molecule has 0 spiro atoms. The van der Waals surface area contributed by atoms with Gasteiger partial charge in [0.2, 0.25) is 5.91 Å². The van der Waals surface area contributed by atoms with Gasteiger partial charge in [0.05, 0.1) is 12.1 Å². The van der Waals surface area contributed by atoms with Crippen LogP contribution < -0.4 is 0 Å². The zero-order valence-electron chi connectivity index (χ0n) is 16.5. The van der Waals surface area contributed by atoms with Crippen LogP contribution >= 0.6 is 0 Å². The molecule has 1 unspecified atom stereocenters. The normalized spacial score (nSPS) is 20.6. The lowest BCUT2D eigenvalue weighted by Gasteiger charge is -2.40. The van der Waals surface area contributed by atoms with E-state index >= 15 is 0 Å². The summed E-state index contributed by atoms with van der Waals surface area (Å²) in [5, 5.41) is 0. The van der Waals surface area contributed by atoms with E-state index in [9.17, 15) is 4.79 Å². The molecule has 0 aliphatic carbocycles. The van der Waals surface area contributed by atoms with Gasteiger partial charge in [-0.2, -0.15) is 0 Å². The van der Waals surface area contributed by atoms with E-state index in [2.05, 4.69) is 65.6 Å². The van der Waals surface area contributed by atoms with Crippen LogP contribution in [0.5, 0.6) is 0 Å². The smallest absolute Gasteiger partial charge is 0.222 e. The van der Waals surface area contributed by atoms with Crippen LogP contribution in [0.2, 0.25) is 0 Å². The summed E-state index contributed by atoms with van der Waals surface area (Å²) < 4.78 is 5.66. The fourth-order valence-electron chi connectivity index (χ4n) is 4.43. The topological polar surface area (TPSA) is 32.8 Å². The minimum absolute atomic E-state index is 0.242. The molecule has 2 heterocycles. The van der Waals surface area contributed by atoms with Gasteiger partial charge < -0.3 is 9.64 Å². The van der Waals surface area contributed by atoms with Crippen LogP contribution in [0.4, 0.5) is 0 Å². The molecule has 2 aromatic carbocycles. The first-order valence-corrected chi connectivity index (χ1v) is 10.5. The first-order chi connectivity index (χ1) is 13.8. The van der Waals surface area contributed by atoms with Gasteiger partial charge in [0, 0.05) is 39.2 Å². The maximum atomic E-state index is 12.6. The molecule has 2 aliphatic rings. The molecule has 4 nitrogen and oxygen atoms in total. The third kappa shape index (κ3) is 4.62. The lowest BCUT2D eigenvalue weighted by Crippen LogP contribution is -2.49. The molecular weight excluding hydrogens is 348 g/mol. The molecule has 2 fully saturated rings. The Balaban J connectivity index is 1.38. The lowest BCUT2D eigenvalue weighted by molar-refractivity contribution is -0.133. The number of ether oxygens (including phenoxy) is 1. The summed E-state index contributed by atoms with van der Waals surface area (Å²) in [7, 11) is 0. The zero-order chi connectivity index (χ0) is 19.2. The molecule has 1 atom stereocenters. The van der Waals surface area contributed by atoms with Crippen molar-refractivity contribution in [2.75, 3.05) is 32.8 Å². The number of carbonyl (C=O) groups excluding carboxylic acids is 1. The predicted octanol–water partition coefficient (Wildman–Crippen LogP) is 3.88. The van der Waals surface area contributed by atoms with Crippen molar-refractivity contribution in [1.29, 1.82) is 0 Å². The maximum absolute atomic E-state index is 12.6. The minimum Gasteiger partial charge on any atom is -0.378 e. The van der Waals surface area contributed by atoms with E-state index in [1.54, 1.807) is 0 Å². The molecular formula is C24H30N2O2. The van der Waals surface area contributed by atoms with Crippen LogP contribution in [0.25, 0.3) is 0 Å². The SMILES string of the molecule is O=C(CCC1CCCO1)N1CCN(C(c2ccccc2)c2ccccc2)CC1. The summed E-state index contributed by atoms with van der Waals surface area (Å²) >= 11 is 0. The average Bonchev–Trinajstić information content (AvgIpc) is 3.28. The zero-order valence-corrected chi connectivity index (χ0v) is 16.5. The number of hydrogen-bond donors (Lipinski definition) is 0. The van der Waals surface area contributed by atoms with Crippen LogP contribution in [0.15, 0.2) is 60.7 Å². The molecule has 28 heavy (non-hydrogen) atoms. The standard InChI is InChI=1S/C24H30N2O2/c27-23(14-13-22-12-7-19-28-22)25-15-17-26(18-16-25)24(20-8-3-1-4-9-20)21-10-5-2-6-11-21/h1-6,8-11,22,24H,7,12-19H2. The number of benzene rings is 2. The Morgan fingerprint density at radius 2 is 1.54 bits per heavy atom. The lowest BCUT2D eigenvalue weighted by atomic mass is 9.96. The van der Waals surface area contributed by atoms with Gasteiger partial charge in [-0.1, -0.05) is 60.7 Å². The molecule has 2 aliphatic heterocycles. The molecule has 0 saturated carbocycles. The van der Waals surface area contributed by atoms with Gasteiger partial charge in [0.25, 0.3) is 0 Å². The maximum Gasteiger partial charge on any atom is 0.222 e. The van der Waals surface area contributed by atoms with Crippen molar-refractivity contribution in [2.24, 2.45) is 0 Å². The molecule has 2 aromatic rings. The van der Waals surface area contributed by atoms with Gasteiger partial charge in [0.1, 0.15) is 0 Å². The Hall–Kier alpha value is -2.17. The summed E-state index contributed by atoms with van der Waals surface area (Å²) in [6, 6.07) is 21.6. The van der Waals surface area contributed by atoms with Gasteiger partial charge in [0.15, 0.2) is 0 Å². The van der Waals surface area contributed by atoms with E-state index in [1.165, 1.54) is 11.1 Å². The Kier molecular flexibility index (Phi) is 6.40. The van der Waals surface area contributed by atoms with Crippen molar-refractivity contribution < 1.29 is 9.53 Å². The fraction of sp³-hybridized carbons (Fsp3) is 0.458. The number of nitrogens with zero attached hydrogens (tertiary/aromatic N) is 2. The molecule has 0 radical (unpaired) electrons. The second kappa shape index (κ2) is 9.35. The molecule has 4 rings (SSSR count). The highest BCUT2D eigenvalue weighted by Gasteiger charge is 2.28. The monoisotopic (exact) mass is 378 g/mol. The fourth-order valence-corrected chi connectivity index (χ4v) is 4.43. The van der Waals surface area contributed by atoms with Gasteiger partial charge in [-0.3, -0.25) is 9.69 Å². The molecule has 0 bridgehead atoms. The van der Waals surface area contributed by atoms with E-state index < -0.39 is 0 Å². The van der Waals surface area contributed by atoms with Gasteiger partial charge >= 0.3 is 0 Å². The van der Waals surface area contributed by atoms with E-state index in [0.717, 1.165) is 52.0 Å². The largest absolute Gasteiger partial charge is 0.378 e. The highest BCUT2D eigenvalue weighted by molar-refractivity contribution is 5.76. The molecule has 0 aromatic heterocycles. The number of carbonyl (C=O) groups is 1. The van der Waals surface area contributed by atoms with Crippen molar-refractivity contribution in [1.82, 2.24) is 9.80 Å². The van der Waals surface area contributed by atoms with Crippen molar-refractivity contribution in [3.8, 4) is 0 Å². The summed E-state index contributed by atoms with van der Waals surface area (Å²) in [6.45, 7) is 4.28. The Morgan fingerprint density at radius 3 is 2.07 bits per heavy atom. The predicted molar refractivity (Wildman–Crippen MR) is 111 cm³/mol. The van der Waals surface area contributed by atoms with Gasteiger partial charge in [-0.15, -0.1) is 0 Å². The number of piperazine rings is 1. The van der Waals surface area contributed by atoms with Crippen molar-refractivity contribution >= 4 is 5.91 Å². The van der Waals surface area contributed by atoms with Crippen LogP contribution in [0, 0.1) is 0 Å². The summed E-state index contributed by atoms with van der Waals surface area (Å²) in [5.74, 6) is 0.283. The first-order valence-electron chi connectivity index (χ1n) is 10.5. The summed E-state index contributed by atoms with van der Waals surface area (Å²) in [4.78, 5) is 17.2.